The third-order valence-corrected chi connectivity index (χ3v) is 7.77. The number of hydrogen-bond donors (Lipinski definition) is 0. The summed E-state index contributed by atoms with van der Waals surface area (Å²) in [5.74, 6) is 2.77. The molecule has 2 aliphatic heterocycles. The van der Waals surface area contributed by atoms with Crippen molar-refractivity contribution in [2.24, 2.45) is 7.05 Å². The first kappa shape index (κ1) is 22.5. The maximum atomic E-state index is 5.66. The van der Waals surface area contributed by atoms with Gasteiger partial charge in [-0.1, -0.05) is 44.5 Å². The molecule has 33 heavy (non-hydrogen) atoms. The zero-order valence-electron chi connectivity index (χ0n) is 19.7. The van der Waals surface area contributed by atoms with E-state index in [2.05, 4.69) is 82.7 Å². The molecule has 0 saturated carbocycles. The van der Waals surface area contributed by atoms with Gasteiger partial charge in [-0.3, -0.25) is 4.90 Å². The van der Waals surface area contributed by atoms with Crippen LogP contribution in [0.4, 0.5) is 0 Å². The van der Waals surface area contributed by atoms with Gasteiger partial charge in [0.05, 0.1) is 5.69 Å². The molecule has 1 saturated heterocycles. The number of fused-ring (bicyclic) bond motifs is 1. The summed E-state index contributed by atoms with van der Waals surface area (Å²) in [5.41, 5.74) is 6.55. The lowest BCUT2D eigenvalue weighted by molar-refractivity contribution is 0.137. The van der Waals surface area contributed by atoms with Crippen LogP contribution in [0, 0.1) is 0 Å². The van der Waals surface area contributed by atoms with Crippen molar-refractivity contribution in [3.63, 3.8) is 0 Å². The van der Waals surface area contributed by atoms with Gasteiger partial charge in [-0.15, -0.1) is 0 Å². The van der Waals surface area contributed by atoms with E-state index in [1.807, 2.05) is 0 Å². The molecule has 174 valence electrons. The SMILES string of the molecule is CCc1cccc(CC)c1-c1nc(Br)c(CN2CCCCC2c2ccc3c(c2)OCO3)n1C. The van der Waals surface area contributed by atoms with Crippen molar-refractivity contribution in [1.82, 2.24) is 14.5 Å². The smallest absolute Gasteiger partial charge is 0.231 e. The van der Waals surface area contributed by atoms with Crippen LogP contribution in [-0.2, 0) is 26.4 Å². The first-order chi connectivity index (χ1) is 16.1. The Hall–Kier alpha value is -2.31. The molecule has 3 aromatic rings. The Labute approximate surface area is 204 Å². The summed E-state index contributed by atoms with van der Waals surface area (Å²) in [6, 6.07) is 13.4. The Kier molecular flexibility index (Phi) is 6.48. The van der Waals surface area contributed by atoms with Crippen molar-refractivity contribution in [2.45, 2.75) is 58.5 Å². The Balaban J connectivity index is 1.48. The number of likely N-dealkylation sites (tertiary alicyclic amines) is 1. The fraction of sp³-hybridized carbons (Fsp3) is 0.444. The van der Waals surface area contributed by atoms with Crippen LogP contribution in [-0.4, -0.2) is 27.8 Å². The minimum Gasteiger partial charge on any atom is -0.454 e. The average molecular weight is 510 g/mol. The van der Waals surface area contributed by atoms with Crippen LogP contribution < -0.4 is 9.47 Å². The summed E-state index contributed by atoms with van der Waals surface area (Å²) >= 11 is 3.81. The second kappa shape index (κ2) is 9.51. The van der Waals surface area contributed by atoms with Crippen molar-refractivity contribution in [2.75, 3.05) is 13.3 Å². The van der Waals surface area contributed by atoms with Gasteiger partial charge in [-0.05, 0) is 77.0 Å². The van der Waals surface area contributed by atoms with E-state index in [9.17, 15) is 0 Å². The number of imidazole rings is 1. The third kappa shape index (κ3) is 4.19. The molecule has 2 aliphatic rings. The molecule has 2 aromatic carbocycles. The van der Waals surface area contributed by atoms with Crippen molar-refractivity contribution in [3.05, 3.63) is 63.4 Å². The van der Waals surface area contributed by atoms with E-state index in [-0.39, 0.29) is 0 Å². The molecule has 0 radical (unpaired) electrons. The molecule has 1 aromatic heterocycles. The minimum absolute atomic E-state index is 0.316. The first-order valence-electron chi connectivity index (χ1n) is 12.1. The Bertz CT molecular complexity index is 1130. The highest BCUT2D eigenvalue weighted by molar-refractivity contribution is 9.10. The standard InChI is InChI=1S/C27H32BrN3O2/c1-4-18-9-8-10-19(5-2)25(18)27-29-26(28)22(30(27)3)16-31-14-7-6-11-21(31)20-12-13-23-24(15-20)33-17-32-23/h8-10,12-13,15,21H,4-7,11,14,16-17H2,1-3H3. The second-order valence-corrected chi connectivity index (χ2v) is 9.74. The lowest BCUT2D eigenvalue weighted by atomic mass is 9.94. The number of aromatic nitrogens is 2. The molecular formula is C27H32BrN3O2. The van der Waals surface area contributed by atoms with Gasteiger partial charge in [0.2, 0.25) is 6.79 Å². The van der Waals surface area contributed by atoms with Crippen molar-refractivity contribution >= 4 is 15.9 Å². The molecular weight excluding hydrogens is 478 g/mol. The van der Waals surface area contributed by atoms with Crippen LogP contribution in [0.15, 0.2) is 41.0 Å². The Morgan fingerprint density at radius 3 is 2.55 bits per heavy atom. The summed E-state index contributed by atoms with van der Waals surface area (Å²) in [4.78, 5) is 7.62. The number of piperidine rings is 1. The monoisotopic (exact) mass is 509 g/mol. The van der Waals surface area contributed by atoms with Crippen LogP contribution in [0.2, 0.25) is 0 Å². The lowest BCUT2D eigenvalue weighted by Gasteiger charge is -2.36. The van der Waals surface area contributed by atoms with Gasteiger partial charge < -0.3 is 14.0 Å². The predicted octanol–water partition coefficient (Wildman–Crippen LogP) is 6.43. The lowest BCUT2D eigenvalue weighted by Crippen LogP contribution is -2.33. The van der Waals surface area contributed by atoms with Gasteiger partial charge in [0.1, 0.15) is 10.4 Å². The summed E-state index contributed by atoms with van der Waals surface area (Å²) in [5, 5.41) is 0. The van der Waals surface area contributed by atoms with Crippen LogP contribution in [0.3, 0.4) is 0 Å². The molecule has 1 unspecified atom stereocenters. The molecule has 5 rings (SSSR count). The van der Waals surface area contributed by atoms with Gasteiger partial charge >= 0.3 is 0 Å². The number of halogens is 1. The van der Waals surface area contributed by atoms with Gasteiger partial charge in [0.25, 0.3) is 0 Å². The summed E-state index contributed by atoms with van der Waals surface area (Å²) in [6.07, 6.45) is 5.63. The van der Waals surface area contributed by atoms with Crippen LogP contribution in [0.25, 0.3) is 11.4 Å². The fourth-order valence-electron chi connectivity index (χ4n) is 5.29. The summed E-state index contributed by atoms with van der Waals surface area (Å²) < 4.78 is 14.4. The van der Waals surface area contributed by atoms with E-state index in [1.165, 1.54) is 40.8 Å². The van der Waals surface area contributed by atoms with Crippen LogP contribution in [0.1, 0.15) is 61.5 Å². The molecule has 0 aliphatic carbocycles. The highest BCUT2D eigenvalue weighted by Crippen LogP contribution is 2.40. The van der Waals surface area contributed by atoms with E-state index < -0.39 is 0 Å². The molecule has 0 amide bonds. The highest BCUT2D eigenvalue weighted by Gasteiger charge is 2.28. The van der Waals surface area contributed by atoms with Crippen molar-refractivity contribution < 1.29 is 9.47 Å². The third-order valence-electron chi connectivity index (χ3n) is 7.14. The van der Waals surface area contributed by atoms with Crippen LogP contribution >= 0.6 is 15.9 Å². The molecule has 1 fully saturated rings. The topological polar surface area (TPSA) is 39.5 Å². The number of nitrogens with zero attached hydrogens (tertiary/aromatic N) is 3. The van der Waals surface area contributed by atoms with Crippen molar-refractivity contribution in [3.8, 4) is 22.9 Å². The number of aryl methyl sites for hydroxylation is 2. The zero-order chi connectivity index (χ0) is 22.9. The van der Waals surface area contributed by atoms with E-state index in [4.69, 9.17) is 14.5 Å². The van der Waals surface area contributed by atoms with E-state index >= 15 is 0 Å². The molecule has 0 bridgehead atoms. The van der Waals surface area contributed by atoms with Gasteiger partial charge in [-0.2, -0.15) is 0 Å². The molecule has 5 nitrogen and oxygen atoms in total. The maximum Gasteiger partial charge on any atom is 0.231 e. The van der Waals surface area contributed by atoms with E-state index in [1.54, 1.807) is 0 Å². The fourth-order valence-corrected chi connectivity index (χ4v) is 5.85. The van der Waals surface area contributed by atoms with Gasteiger partial charge in [0.15, 0.2) is 11.5 Å². The number of rotatable bonds is 6. The molecule has 3 heterocycles. The van der Waals surface area contributed by atoms with Gasteiger partial charge in [-0.25, -0.2) is 4.98 Å². The normalized spacial score (nSPS) is 18.1. The van der Waals surface area contributed by atoms with Crippen molar-refractivity contribution in [1.29, 1.82) is 0 Å². The maximum absolute atomic E-state index is 5.66. The zero-order valence-corrected chi connectivity index (χ0v) is 21.3. The second-order valence-electron chi connectivity index (χ2n) is 8.99. The predicted molar refractivity (Wildman–Crippen MR) is 135 cm³/mol. The Morgan fingerprint density at radius 2 is 1.79 bits per heavy atom. The number of hydrogen-bond acceptors (Lipinski definition) is 4. The summed E-state index contributed by atoms with van der Waals surface area (Å²) in [7, 11) is 2.16. The molecule has 1 atom stereocenters. The Morgan fingerprint density at radius 1 is 1.03 bits per heavy atom. The average Bonchev–Trinajstić information content (AvgIpc) is 3.43. The highest BCUT2D eigenvalue weighted by atomic mass is 79.9. The minimum atomic E-state index is 0.316. The molecule has 0 N–H and O–H groups in total. The quantitative estimate of drug-likeness (QED) is 0.383. The number of ether oxygens (including phenoxy) is 2. The summed E-state index contributed by atoms with van der Waals surface area (Å²) in [6.45, 7) is 6.70. The first-order valence-corrected chi connectivity index (χ1v) is 12.9. The number of benzene rings is 2. The molecule has 6 heteroatoms. The molecule has 0 spiro atoms. The van der Waals surface area contributed by atoms with Crippen LogP contribution in [0.5, 0.6) is 11.5 Å². The van der Waals surface area contributed by atoms with Gasteiger partial charge in [0, 0.05) is 25.2 Å². The largest absolute Gasteiger partial charge is 0.454 e. The van der Waals surface area contributed by atoms with E-state index in [0.717, 1.165) is 54.3 Å². The van der Waals surface area contributed by atoms with E-state index in [0.29, 0.717) is 12.8 Å².